The van der Waals surface area contributed by atoms with E-state index in [1.807, 2.05) is 48.5 Å². The minimum absolute atomic E-state index is 0.419. The van der Waals surface area contributed by atoms with Crippen LogP contribution in [-0.2, 0) is 4.79 Å². The fourth-order valence-corrected chi connectivity index (χ4v) is 2.85. The number of amides is 1. The van der Waals surface area contributed by atoms with Gasteiger partial charge in [0.2, 0.25) is 5.89 Å². The van der Waals surface area contributed by atoms with E-state index in [4.69, 9.17) is 27.6 Å². The molecular weight excluding hydrogens is 359 g/mol. The molecule has 25 heavy (non-hydrogen) atoms. The number of hydrogen-bond acceptors (Lipinski definition) is 3. The summed E-state index contributed by atoms with van der Waals surface area (Å²) in [6.07, 6.45) is 0. The lowest BCUT2D eigenvalue weighted by molar-refractivity contribution is -0.114. The van der Waals surface area contributed by atoms with Gasteiger partial charge in [-0.05, 0) is 23.6 Å². The van der Waals surface area contributed by atoms with E-state index in [1.54, 1.807) is 12.1 Å². The normalized spacial score (nSPS) is 11.3. The number of nitrogens with one attached hydrogen (secondary N) is 1. The Morgan fingerprint density at radius 3 is 2.60 bits per heavy atom. The molecule has 4 aromatic rings. The van der Waals surface area contributed by atoms with Gasteiger partial charge in [-0.3, -0.25) is 4.79 Å². The Morgan fingerprint density at radius 1 is 1.00 bits per heavy atom. The van der Waals surface area contributed by atoms with Gasteiger partial charge in [0.1, 0.15) is 5.52 Å². The molecule has 1 aromatic heterocycles. The fourth-order valence-electron chi connectivity index (χ4n) is 2.74. The van der Waals surface area contributed by atoms with Crippen molar-refractivity contribution in [1.29, 1.82) is 0 Å². The van der Waals surface area contributed by atoms with Gasteiger partial charge in [-0.2, -0.15) is 0 Å². The average Bonchev–Trinajstić information content (AvgIpc) is 3.06. The van der Waals surface area contributed by atoms with Gasteiger partial charge in [0.25, 0.3) is 5.91 Å². The summed E-state index contributed by atoms with van der Waals surface area (Å²) in [5.41, 5.74) is 2.66. The van der Waals surface area contributed by atoms with Crippen molar-refractivity contribution in [2.24, 2.45) is 0 Å². The predicted molar refractivity (Wildman–Crippen MR) is 101 cm³/mol. The third-order valence-corrected chi connectivity index (χ3v) is 4.29. The van der Waals surface area contributed by atoms with Crippen LogP contribution >= 0.6 is 23.2 Å². The Bertz CT molecular complexity index is 1090. The van der Waals surface area contributed by atoms with Crippen LogP contribution in [0, 0.1) is 0 Å². The van der Waals surface area contributed by atoms with Crippen molar-refractivity contribution in [3.8, 4) is 11.5 Å². The van der Waals surface area contributed by atoms with Crippen LogP contribution in [0.25, 0.3) is 33.3 Å². The summed E-state index contributed by atoms with van der Waals surface area (Å²) in [5.74, 6) is -0.0831. The first-order valence-electron chi connectivity index (χ1n) is 7.60. The van der Waals surface area contributed by atoms with Crippen molar-refractivity contribution in [3.05, 3.63) is 60.7 Å². The van der Waals surface area contributed by atoms with E-state index in [9.17, 15) is 4.79 Å². The van der Waals surface area contributed by atoms with Gasteiger partial charge in [0, 0.05) is 5.39 Å². The molecule has 0 unspecified atom stereocenters. The number of carbonyl (C=O) groups is 1. The van der Waals surface area contributed by atoms with E-state index in [0.29, 0.717) is 22.7 Å². The number of carbonyl (C=O) groups excluding carboxylic acids is 1. The van der Waals surface area contributed by atoms with Crippen LogP contribution in [0.5, 0.6) is 0 Å². The lowest BCUT2D eigenvalue weighted by Gasteiger charge is -2.08. The first-order valence-corrected chi connectivity index (χ1v) is 8.47. The van der Waals surface area contributed by atoms with E-state index >= 15 is 0 Å². The Labute approximate surface area is 153 Å². The second kappa shape index (κ2) is 6.39. The minimum Gasteiger partial charge on any atom is -0.436 e. The molecular formula is C19H12Cl2N2O2. The van der Waals surface area contributed by atoms with Crippen LogP contribution in [0.1, 0.15) is 0 Å². The molecule has 0 saturated carbocycles. The van der Waals surface area contributed by atoms with Crippen molar-refractivity contribution in [2.75, 3.05) is 5.32 Å². The molecule has 0 fully saturated rings. The van der Waals surface area contributed by atoms with Crippen LogP contribution in [0.4, 0.5) is 5.69 Å². The van der Waals surface area contributed by atoms with E-state index in [1.165, 1.54) is 0 Å². The lowest BCUT2D eigenvalue weighted by atomic mass is 10.1. The van der Waals surface area contributed by atoms with Gasteiger partial charge in [-0.1, -0.05) is 65.7 Å². The maximum atomic E-state index is 11.8. The second-order valence-electron chi connectivity index (χ2n) is 5.49. The van der Waals surface area contributed by atoms with Gasteiger partial charge < -0.3 is 9.73 Å². The molecule has 0 aliphatic heterocycles. The molecule has 1 N–H and O–H groups in total. The van der Waals surface area contributed by atoms with Crippen molar-refractivity contribution in [1.82, 2.24) is 4.98 Å². The number of benzene rings is 3. The van der Waals surface area contributed by atoms with Crippen molar-refractivity contribution in [2.45, 2.75) is 4.84 Å². The molecule has 3 aromatic carbocycles. The maximum Gasteiger partial charge on any atom is 0.257 e. The van der Waals surface area contributed by atoms with Gasteiger partial charge in [-0.25, -0.2) is 4.98 Å². The van der Waals surface area contributed by atoms with Crippen LogP contribution in [0.2, 0.25) is 0 Å². The monoisotopic (exact) mass is 370 g/mol. The summed E-state index contributed by atoms with van der Waals surface area (Å²) in [6.45, 7) is 0. The van der Waals surface area contributed by atoms with Crippen LogP contribution in [0.3, 0.4) is 0 Å². The zero-order valence-electron chi connectivity index (χ0n) is 12.9. The number of oxazole rings is 1. The first-order chi connectivity index (χ1) is 12.1. The maximum absolute atomic E-state index is 11.8. The summed E-state index contributed by atoms with van der Waals surface area (Å²) in [4.78, 5) is 15.3. The van der Waals surface area contributed by atoms with E-state index in [0.717, 1.165) is 16.3 Å². The standard InChI is InChI=1S/C19H12Cl2N2O2/c20-17(21)18(24)22-14-8-4-3-7-13(14)19-23-16-12-6-2-1-5-11(12)9-10-15(16)25-19/h1-10,17H,(H,22,24). The van der Waals surface area contributed by atoms with Crippen LogP contribution in [-0.4, -0.2) is 15.7 Å². The predicted octanol–water partition coefficient (Wildman–Crippen LogP) is 5.39. The van der Waals surface area contributed by atoms with Crippen LogP contribution in [0.15, 0.2) is 65.1 Å². The first kappa shape index (κ1) is 15.9. The van der Waals surface area contributed by atoms with Crippen LogP contribution < -0.4 is 5.32 Å². The smallest absolute Gasteiger partial charge is 0.257 e. The number of aromatic nitrogens is 1. The molecule has 1 amide bonds. The lowest BCUT2D eigenvalue weighted by Crippen LogP contribution is -2.18. The molecule has 0 spiro atoms. The Balaban J connectivity index is 1.85. The number of fused-ring (bicyclic) bond motifs is 3. The topological polar surface area (TPSA) is 55.1 Å². The number of anilines is 1. The number of nitrogens with zero attached hydrogens (tertiary/aromatic N) is 1. The molecule has 0 aliphatic carbocycles. The molecule has 0 aliphatic rings. The molecule has 0 bridgehead atoms. The summed E-state index contributed by atoms with van der Waals surface area (Å²) in [5, 5.41) is 4.79. The highest BCUT2D eigenvalue weighted by Gasteiger charge is 2.17. The number of hydrogen-bond donors (Lipinski definition) is 1. The third kappa shape index (κ3) is 2.95. The third-order valence-electron chi connectivity index (χ3n) is 3.90. The summed E-state index contributed by atoms with van der Waals surface area (Å²) >= 11 is 11.2. The Hall–Kier alpha value is -2.56. The number of halogens is 2. The van der Waals surface area contributed by atoms with Crippen molar-refractivity contribution < 1.29 is 9.21 Å². The molecule has 6 heteroatoms. The summed E-state index contributed by atoms with van der Waals surface area (Å²) < 4.78 is 5.92. The van der Waals surface area contributed by atoms with Gasteiger partial charge in [0.15, 0.2) is 10.4 Å². The zero-order valence-corrected chi connectivity index (χ0v) is 14.4. The fraction of sp³-hybridized carbons (Fsp3) is 0.0526. The highest BCUT2D eigenvalue weighted by atomic mass is 35.5. The van der Waals surface area contributed by atoms with Crippen molar-refractivity contribution in [3.63, 3.8) is 0 Å². The van der Waals surface area contributed by atoms with Crippen molar-refractivity contribution >= 4 is 56.7 Å². The molecule has 0 atom stereocenters. The van der Waals surface area contributed by atoms with Gasteiger partial charge >= 0.3 is 0 Å². The summed E-state index contributed by atoms with van der Waals surface area (Å²) in [7, 11) is 0. The Morgan fingerprint density at radius 2 is 1.76 bits per heavy atom. The Kier molecular flexibility index (Phi) is 4.07. The summed E-state index contributed by atoms with van der Waals surface area (Å²) in [6, 6.07) is 19.1. The SMILES string of the molecule is O=C(Nc1ccccc1-c1nc2c(ccc3ccccc32)o1)C(Cl)Cl. The van der Waals surface area contributed by atoms with E-state index in [2.05, 4.69) is 10.3 Å². The molecule has 124 valence electrons. The van der Waals surface area contributed by atoms with Gasteiger partial charge in [-0.15, -0.1) is 0 Å². The minimum atomic E-state index is -1.15. The quantitative estimate of drug-likeness (QED) is 0.491. The number of rotatable bonds is 3. The highest BCUT2D eigenvalue weighted by Crippen LogP contribution is 2.33. The largest absolute Gasteiger partial charge is 0.436 e. The van der Waals surface area contributed by atoms with E-state index < -0.39 is 10.7 Å². The van der Waals surface area contributed by atoms with E-state index in [-0.39, 0.29) is 0 Å². The molecule has 4 nitrogen and oxygen atoms in total. The highest BCUT2D eigenvalue weighted by molar-refractivity contribution is 6.54. The molecule has 0 radical (unpaired) electrons. The molecule has 4 rings (SSSR count). The zero-order chi connectivity index (χ0) is 17.4. The molecule has 1 heterocycles. The average molecular weight is 371 g/mol. The molecule has 0 saturated heterocycles. The number of para-hydroxylation sites is 1. The second-order valence-corrected chi connectivity index (χ2v) is 6.58. The number of alkyl halides is 2. The van der Waals surface area contributed by atoms with Gasteiger partial charge in [0.05, 0.1) is 11.3 Å².